The third-order valence-corrected chi connectivity index (χ3v) is 1.07. The van der Waals surface area contributed by atoms with Gasteiger partial charge in [0.25, 0.3) is 0 Å². The van der Waals surface area contributed by atoms with Gasteiger partial charge in [-0.3, -0.25) is 0 Å². The Hall–Kier alpha value is -0.540. The summed E-state index contributed by atoms with van der Waals surface area (Å²) in [7, 11) is 1.78. The average Bonchev–Trinajstić information content (AvgIpc) is 1.90. The molecule has 1 aromatic heterocycles. The Morgan fingerprint density at radius 1 is 1.40 bits per heavy atom. The van der Waals surface area contributed by atoms with Crippen molar-refractivity contribution in [3.05, 3.63) is 17.5 Å². The van der Waals surface area contributed by atoms with Crippen molar-refractivity contribution < 1.29 is 0 Å². The minimum atomic E-state index is 0. The summed E-state index contributed by atoms with van der Waals surface area (Å²) >= 11 is 5.47. The first kappa shape index (κ1) is 9.46. The number of anilines is 1. The van der Waals surface area contributed by atoms with Gasteiger partial charge in [-0.1, -0.05) is 11.6 Å². The monoisotopic (exact) mass is 179 g/mol. The number of hydrogen-bond donors (Lipinski definition) is 1. The van der Waals surface area contributed by atoms with Crippen LogP contribution in [0.5, 0.6) is 0 Å². The molecule has 0 radical (unpaired) electrons. The summed E-state index contributed by atoms with van der Waals surface area (Å²) in [4.78, 5) is 7.68. The third kappa shape index (κ3) is 2.37. The molecule has 0 unspecified atom stereocenters. The lowest BCUT2D eigenvalue weighted by atomic mass is 10.7. The fourth-order valence-corrected chi connectivity index (χ4v) is 0.539. The summed E-state index contributed by atoms with van der Waals surface area (Å²) in [5.41, 5.74) is 0. The van der Waals surface area contributed by atoms with Crippen LogP contribution in [0.15, 0.2) is 12.4 Å². The number of nitrogens with one attached hydrogen (secondary N) is 1. The number of halogens is 2. The zero-order valence-electron chi connectivity index (χ0n) is 5.34. The fraction of sp³-hybridized carbons (Fsp3) is 0.200. The summed E-state index contributed by atoms with van der Waals surface area (Å²) in [6.07, 6.45) is 3.07. The van der Waals surface area contributed by atoms with E-state index in [-0.39, 0.29) is 12.4 Å². The number of hydrogen-bond acceptors (Lipinski definition) is 3. The highest BCUT2D eigenvalue weighted by atomic mass is 35.5. The highest BCUT2D eigenvalue weighted by Gasteiger charge is 1.88. The van der Waals surface area contributed by atoms with E-state index >= 15 is 0 Å². The van der Waals surface area contributed by atoms with Crippen LogP contribution in [0.4, 0.5) is 5.82 Å². The van der Waals surface area contributed by atoms with Crippen LogP contribution in [-0.2, 0) is 0 Å². The molecule has 3 nitrogen and oxygen atoms in total. The van der Waals surface area contributed by atoms with Crippen molar-refractivity contribution in [2.75, 3.05) is 12.4 Å². The maximum absolute atomic E-state index is 5.47. The Labute approximate surface area is 70.2 Å². The summed E-state index contributed by atoms with van der Waals surface area (Å²) in [6, 6.07) is 0. The fourth-order valence-electron chi connectivity index (χ4n) is 0.441. The van der Waals surface area contributed by atoms with Gasteiger partial charge in [0.05, 0.1) is 12.4 Å². The van der Waals surface area contributed by atoms with Gasteiger partial charge in [0, 0.05) is 7.05 Å². The topological polar surface area (TPSA) is 37.8 Å². The smallest absolute Gasteiger partial charge is 0.147 e. The van der Waals surface area contributed by atoms with Crippen LogP contribution < -0.4 is 5.32 Å². The first-order valence-electron chi connectivity index (χ1n) is 2.48. The molecule has 56 valence electrons. The molecule has 0 saturated carbocycles. The lowest BCUT2D eigenvalue weighted by Crippen LogP contribution is -1.91. The number of nitrogens with zero attached hydrogens (tertiary/aromatic N) is 2. The maximum atomic E-state index is 5.47. The van der Waals surface area contributed by atoms with Crippen LogP contribution in [0.3, 0.4) is 0 Å². The number of aromatic nitrogens is 2. The SMILES string of the molecule is CNc1cnc(Cl)cn1.Cl. The molecule has 5 heteroatoms. The van der Waals surface area contributed by atoms with Gasteiger partial charge in [0.1, 0.15) is 11.0 Å². The standard InChI is InChI=1S/C5H6ClN3.ClH/c1-7-5-3-8-4(6)2-9-5;/h2-3H,1H3,(H,7,9);1H. The second-order valence-corrected chi connectivity index (χ2v) is 1.86. The predicted octanol–water partition coefficient (Wildman–Crippen LogP) is 1.59. The van der Waals surface area contributed by atoms with Gasteiger partial charge in [-0.25, -0.2) is 9.97 Å². The van der Waals surface area contributed by atoms with Crippen molar-refractivity contribution >= 4 is 29.8 Å². The maximum Gasteiger partial charge on any atom is 0.147 e. The first-order valence-corrected chi connectivity index (χ1v) is 2.86. The van der Waals surface area contributed by atoms with Gasteiger partial charge in [-0.15, -0.1) is 12.4 Å². The van der Waals surface area contributed by atoms with E-state index in [4.69, 9.17) is 11.6 Å². The van der Waals surface area contributed by atoms with Crippen molar-refractivity contribution in [2.45, 2.75) is 0 Å². The summed E-state index contributed by atoms with van der Waals surface area (Å²) in [6.45, 7) is 0. The van der Waals surface area contributed by atoms with E-state index < -0.39 is 0 Å². The Kier molecular flexibility index (Phi) is 4.07. The molecule has 0 spiro atoms. The highest BCUT2D eigenvalue weighted by molar-refractivity contribution is 6.29. The minimum Gasteiger partial charge on any atom is -0.372 e. The molecule has 0 bridgehead atoms. The van der Waals surface area contributed by atoms with Crippen molar-refractivity contribution in [3.63, 3.8) is 0 Å². The normalized spacial score (nSPS) is 8.20. The van der Waals surface area contributed by atoms with Crippen molar-refractivity contribution in [1.82, 2.24) is 9.97 Å². The molecule has 0 aliphatic rings. The third-order valence-electron chi connectivity index (χ3n) is 0.876. The average molecular weight is 180 g/mol. The van der Waals surface area contributed by atoms with Gasteiger partial charge in [-0.2, -0.15) is 0 Å². The predicted molar refractivity (Wildman–Crippen MR) is 43.8 cm³/mol. The Balaban J connectivity index is 0.000000810. The van der Waals surface area contributed by atoms with Crippen LogP contribution >= 0.6 is 24.0 Å². The van der Waals surface area contributed by atoms with Crippen molar-refractivity contribution in [3.8, 4) is 0 Å². The van der Waals surface area contributed by atoms with Crippen molar-refractivity contribution in [2.24, 2.45) is 0 Å². The molecule has 10 heavy (non-hydrogen) atoms. The van der Waals surface area contributed by atoms with Crippen LogP contribution in [0.1, 0.15) is 0 Å². The summed E-state index contributed by atoms with van der Waals surface area (Å²) in [5.74, 6) is 0.722. The van der Waals surface area contributed by atoms with E-state index in [0.29, 0.717) is 5.15 Å². The molecule has 0 amide bonds. The Morgan fingerprint density at radius 3 is 2.50 bits per heavy atom. The van der Waals surface area contributed by atoms with E-state index in [1.54, 1.807) is 13.2 Å². The number of rotatable bonds is 1. The van der Waals surface area contributed by atoms with Crippen LogP contribution in [0.25, 0.3) is 0 Å². The highest BCUT2D eigenvalue weighted by Crippen LogP contribution is 2.03. The van der Waals surface area contributed by atoms with Crippen molar-refractivity contribution in [1.29, 1.82) is 0 Å². The van der Waals surface area contributed by atoms with Gasteiger partial charge < -0.3 is 5.32 Å². The van der Waals surface area contributed by atoms with Gasteiger partial charge in [0.2, 0.25) is 0 Å². The summed E-state index contributed by atoms with van der Waals surface area (Å²) in [5, 5.41) is 3.23. The molecule has 0 saturated heterocycles. The molecule has 1 rings (SSSR count). The van der Waals surface area contributed by atoms with Gasteiger partial charge >= 0.3 is 0 Å². The Bertz CT molecular complexity index is 187. The molecule has 0 aromatic carbocycles. The van der Waals surface area contributed by atoms with E-state index in [0.717, 1.165) is 5.82 Å². The summed E-state index contributed by atoms with van der Waals surface area (Å²) < 4.78 is 0. The molecule has 0 aliphatic heterocycles. The van der Waals surface area contributed by atoms with E-state index in [2.05, 4.69) is 15.3 Å². The molecule has 1 heterocycles. The molecule has 1 N–H and O–H groups in total. The Morgan fingerprint density at radius 2 is 2.10 bits per heavy atom. The first-order chi connectivity index (χ1) is 4.33. The zero-order chi connectivity index (χ0) is 6.69. The molecule has 1 aromatic rings. The zero-order valence-corrected chi connectivity index (χ0v) is 6.91. The van der Waals surface area contributed by atoms with Crippen LogP contribution in [0, 0.1) is 0 Å². The second kappa shape index (κ2) is 4.30. The largest absolute Gasteiger partial charge is 0.372 e. The second-order valence-electron chi connectivity index (χ2n) is 1.47. The van der Waals surface area contributed by atoms with Crippen LogP contribution in [-0.4, -0.2) is 17.0 Å². The van der Waals surface area contributed by atoms with E-state index in [1.807, 2.05) is 0 Å². The molecular formula is C5H7Cl2N3. The lowest BCUT2D eigenvalue weighted by Gasteiger charge is -1.94. The van der Waals surface area contributed by atoms with E-state index in [1.165, 1.54) is 6.20 Å². The molecule has 0 aliphatic carbocycles. The van der Waals surface area contributed by atoms with Gasteiger partial charge in [-0.05, 0) is 0 Å². The lowest BCUT2D eigenvalue weighted by molar-refractivity contribution is 1.19. The quantitative estimate of drug-likeness (QED) is 0.713. The van der Waals surface area contributed by atoms with E-state index in [9.17, 15) is 0 Å². The van der Waals surface area contributed by atoms with Crippen LogP contribution in [0.2, 0.25) is 5.15 Å². The molecular weight excluding hydrogens is 173 g/mol. The minimum absolute atomic E-state index is 0. The molecule has 0 atom stereocenters. The van der Waals surface area contributed by atoms with Gasteiger partial charge in [0.15, 0.2) is 0 Å². The molecule has 0 fully saturated rings.